The zero-order valence-electron chi connectivity index (χ0n) is 9.52. The van der Waals surface area contributed by atoms with Gasteiger partial charge in [-0.25, -0.2) is 9.07 Å². The van der Waals surface area contributed by atoms with Gasteiger partial charge in [0.25, 0.3) is 0 Å². The Kier molecular flexibility index (Phi) is 2.10. The lowest BCUT2D eigenvalue weighted by Gasteiger charge is -2.14. The van der Waals surface area contributed by atoms with Gasteiger partial charge >= 0.3 is 0 Å². The molecule has 1 heterocycles. The third-order valence-corrected chi connectivity index (χ3v) is 3.37. The Morgan fingerprint density at radius 1 is 1.35 bits per heavy atom. The molecule has 0 bridgehead atoms. The van der Waals surface area contributed by atoms with E-state index in [1.54, 1.807) is 29.9 Å². The van der Waals surface area contributed by atoms with Crippen molar-refractivity contribution in [2.75, 3.05) is 0 Å². The molecule has 1 N–H and O–H groups in total. The van der Waals surface area contributed by atoms with Crippen molar-refractivity contribution in [1.29, 1.82) is 0 Å². The van der Waals surface area contributed by atoms with Crippen LogP contribution in [0, 0.1) is 5.82 Å². The van der Waals surface area contributed by atoms with E-state index >= 15 is 0 Å². The molecule has 3 nitrogen and oxygen atoms in total. The number of aromatic nitrogens is 2. The van der Waals surface area contributed by atoms with Gasteiger partial charge in [0.1, 0.15) is 5.82 Å². The lowest BCUT2D eigenvalue weighted by atomic mass is 10.0. The molecule has 1 aliphatic carbocycles. The van der Waals surface area contributed by atoms with Gasteiger partial charge in [0.05, 0.1) is 23.2 Å². The van der Waals surface area contributed by atoms with Crippen molar-refractivity contribution in [3.05, 3.63) is 47.5 Å². The lowest BCUT2D eigenvalue weighted by Crippen LogP contribution is -2.15. The first-order valence-corrected chi connectivity index (χ1v) is 5.64. The second-order valence-corrected chi connectivity index (χ2v) is 4.67. The second kappa shape index (κ2) is 3.40. The number of benzene rings is 1. The summed E-state index contributed by atoms with van der Waals surface area (Å²) in [6.07, 6.45) is 3.20. The van der Waals surface area contributed by atoms with Crippen molar-refractivity contribution in [2.24, 2.45) is 0 Å². The van der Waals surface area contributed by atoms with Crippen LogP contribution in [0.5, 0.6) is 0 Å². The minimum Gasteiger partial charge on any atom is -0.385 e. The summed E-state index contributed by atoms with van der Waals surface area (Å²) in [5, 5.41) is 14.4. The molecule has 3 rings (SSSR count). The van der Waals surface area contributed by atoms with Crippen molar-refractivity contribution in [1.82, 2.24) is 9.78 Å². The molecule has 0 aliphatic heterocycles. The van der Waals surface area contributed by atoms with E-state index in [0.29, 0.717) is 6.42 Å². The van der Waals surface area contributed by atoms with Crippen LogP contribution < -0.4 is 0 Å². The maximum absolute atomic E-state index is 12.9. The molecule has 0 saturated heterocycles. The SMILES string of the molecule is CC1(O)CCc2c1cnn2-c1ccc(F)cc1. The van der Waals surface area contributed by atoms with E-state index in [-0.39, 0.29) is 5.82 Å². The monoisotopic (exact) mass is 232 g/mol. The zero-order chi connectivity index (χ0) is 12.0. The number of hydrogen-bond acceptors (Lipinski definition) is 2. The maximum Gasteiger partial charge on any atom is 0.123 e. The summed E-state index contributed by atoms with van der Waals surface area (Å²) in [7, 11) is 0. The third kappa shape index (κ3) is 1.56. The molecule has 1 unspecified atom stereocenters. The highest BCUT2D eigenvalue weighted by Gasteiger charge is 2.35. The third-order valence-electron chi connectivity index (χ3n) is 3.37. The molecular formula is C13H13FN2O. The average molecular weight is 232 g/mol. The zero-order valence-corrected chi connectivity index (χ0v) is 9.52. The molecule has 1 atom stereocenters. The summed E-state index contributed by atoms with van der Waals surface area (Å²) in [4.78, 5) is 0. The molecule has 0 fully saturated rings. The summed E-state index contributed by atoms with van der Waals surface area (Å²) in [5.41, 5.74) is 1.93. The van der Waals surface area contributed by atoms with Crippen LogP contribution in [0.1, 0.15) is 24.6 Å². The summed E-state index contributed by atoms with van der Waals surface area (Å²) < 4.78 is 14.6. The fourth-order valence-corrected chi connectivity index (χ4v) is 2.37. The highest BCUT2D eigenvalue weighted by atomic mass is 19.1. The van der Waals surface area contributed by atoms with Crippen LogP contribution in [0.3, 0.4) is 0 Å². The minimum absolute atomic E-state index is 0.260. The van der Waals surface area contributed by atoms with Crippen LogP contribution in [0.4, 0.5) is 4.39 Å². The molecule has 0 spiro atoms. The number of halogens is 1. The molecule has 88 valence electrons. The van der Waals surface area contributed by atoms with Crippen LogP contribution in [0.15, 0.2) is 30.5 Å². The number of rotatable bonds is 1. The molecule has 4 heteroatoms. The summed E-state index contributed by atoms with van der Waals surface area (Å²) in [6, 6.07) is 6.21. The van der Waals surface area contributed by atoms with Crippen LogP contribution >= 0.6 is 0 Å². The largest absolute Gasteiger partial charge is 0.385 e. The van der Waals surface area contributed by atoms with E-state index < -0.39 is 5.60 Å². The lowest BCUT2D eigenvalue weighted by molar-refractivity contribution is 0.0593. The van der Waals surface area contributed by atoms with Gasteiger partial charge in [-0.05, 0) is 44.0 Å². The topological polar surface area (TPSA) is 38.1 Å². The van der Waals surface area contributed by atoms with Crippen LogP contribution in [-0.2, 0) is 12.0 Å². The van der Waals surface area contributed by atoms with Crippen LogP contribution in [-0.4, -0.2) is 14.9 Å². The first kappa shape index (κ1) is 10.5. The number of hydrogen-bond donors (Lipinski definition) is 1. The van der Waals surface area contributed by atoms with Gasteiger partial charge in [-0.3, -0.25) is 0 Å². The highest BCUT2D eigenvalue weighted by Crippen LogP contribution is 2.37. The quantitative estimate of drug-likeness (QED) is 0.818. The van der Waals surface area contributed by atoms with Gasteiger partial charge in [0.15, 0.2) is 0 Å². The Bertz CT molecular complexity index is 557. The van der Waals surface area contributed by atoms with Gasteiger partial charge in [-0.1, -0.05) is 0 Å². The summed E-state index contributed by atoms with van der Waals surface area (Å²) in [6.45, 7) is 1.80. The van der Waals surface area contributed by atoms with E-state index in [0.717, 1.165) is 23.4 Å². The Hall–Kier alpha value is -1.68. The Balaban J connectivity index is 2.09. The van der Waals surface area contributed by atoms with Gasteiger partial charge < -0.3 is 5.11 Å². The molecule has 0 saturated carbocycles. The predicted octanol–water partition coefficient (Wildman–Crippen LogP) is 2.17. The number of fused-ring (bicyclic) bond motifs is 1. The Labute approximate surface area is 98.5 Å². The van der Waals surface area contributed by atoms with Gasteiger partial charge in [0.2, 0.25) is 0 Å². The molecule has 1 aliphatic rings. The van der Waals surface area contributed by atoms with E-state index in [2.05, 4.69) is 5.10 Å². The van der Waals surface area contributed by atoms with Crippen LogP contribution in [0.25, 0.3) is 5.69 Å². The number of nitrogens with zero attached hydrogens (tertiary/aromatic N) is 2. The van der Waals surface area contributed by atoms with Crippen LogP contribution in [0.2, 0.25) is 0 Å². The van der Waals surface area contributed by atoms with Gasteiger partial charge in [-0.15, -0.1) is 0 Å². The minimum atomic E-state index is -0.784. The Morgan fingerprint density at radius 2 is 2.06 bits per heavy atom. The molecule has 0 radical (unpaired) electrons. The molecule has 17 heavy (non-hydrogen) atoms. The highest BCUT2D eigenvalue weighted by molar-refractivity contribution is 5.39. The van der Waals surface area contributed by atoms with Crippen molar-refractivity contribution in [2.45, 2.75) is 25.4 Å². The van der Waals surface area contributed by atoms with E-state index in [9.17, 15) is 9.50 Å². The Morgan fingerprint density at radius 3 is 2.76 bits per heavy atom. The second-order valence-electron chi connectivity index (χ2n) is 4.67. The van der Waals surface area contributed by atoms with Crippen molar-refractivity contribution < 1.29 is 9.50 Å². The van der Waals surface area contributed by atoms with Gasteiger partial charge in [0, 0.05) is 5.56 Å². The molecule has 2 aromatic rings. The van der Waals surface area contributed by atoms with Crippen molar-refractivity contribution >= 4 is 0 Å². The fraction of sp³-hybridized carbons (Fsp3) is 0.308. The smallest absolute Gasteiger partial charge is 0.123 e. The molecule has 1 aromatic heterocycles. The molecule has 1 aromatic carbocycles. The summed E-state index contributed by atoms with van der Waals surface area (Å²) in [5.74, 6) is -0.260. The summed E-state index contributed by atoms with van der Waals surface area (Å²) >= 11 is 0. The normalized spacial score (nSPS) is 22.8. The van der Waals surface area contributed by atoms with Gasteiger partial charge in [-0.2, -0.15) is 5.10 Å². The van der Waals surface area contributed by atoms with E-state index in [4.69, 9.17) is 0 Å². The van der Waals surface area contributed by atoms with E-state index in [1.165, 1.54) is 12.1 Å². The van der Waals surface area contributed by atoms with Crippen molar-refractivity contribution in [3.63, 3.8) is 0 Å². The average Bonchev–Trinajstić information content (AvgIpc) is 2.82. The molecule has 0 amide bonds. The first-order valence-electron chi connectivity index (χ1n) is 5.64. The first-order chi connectivity index (χ1) is 8.08. The van der Waals surface area contributed by atoms with Crippen molar-refractivity contribution in [3.8, 4) is 5.69 Å². The standard InChI is InChI=1S/C13H13FN2O/c1-13(17)7-6-12-11(13)8-15-16(12)10-4-2-9(14)3-5-10/h2-5,8,17H,6-7H2,1H3. The fourth-order valence-electron chi connectivity index (χ4n) is 2.37. The maximum atomic E-state index is 12.9. The molecular weight excluding hydrogens is 219 g/mol. The predicted molar refractivity (Wildman–Crippen MR) is 61.4 cm³/mol. The van der Waals surface area contributed by atoms with E-state index in [1.807, 2.05) is 0 Å². The number of aliphatic hydroxyl groups is 1.